The second kappa shape index (κ2) is 4.40. The average molecular weight is 222 g/mol. The van der Waals surface area contributed by atoms with E-state index in [9.17, 15) is 4.39 Å². The summed E-state index contributed by atoms with van der Waals surface area (Å²) in [5.74, 6) is 0.272. The smallest absolute Gasteiger partial charge is 0.252 e. The molecule has 0 saturated carbocycles. The number of rotatable bonds is 3. The maximum atomic E-state index is 13.3. The van der Waals surface area contributed by atoms with E-state index in [1.165, 1.54) is 6.07 Å². The zero-order valence-corrected chi connectivity index (χ0v) is 8.77. The maximum Gasteiger partial charge on any atom is 0.252 e. The third-order valence-corrected chi connectivity index (χ3v) is 2.29. The van der Waals surface area contributed by atoms with Gasteiger partial charge in [-0.15, -0.1) is 0 Å². The summed E-state index contributed by atoms with van der Waals surface area (Å²) in [7, 11) is 0. The second-order valence-corrected chi connectivity index (χ2v) is 3.33. The molecule has 2 rings (SSSR count). The normalized spacial score (nSPS) is 10.7. The Hall–Kier alpha value is -1.75. The van der Waals surface area contributed by atoms with Gasteiger partial charge in [-0.25, -0.2) is 4.39 Å². The minimum absolute atomic E-state index is 0.150. The molecule has 84 valence electrons. The van der Waals surface area contributed by atoms with E-state index in [4.69, 9.17) is 9.63 Å². The Balaban J connectivity index is 2.40. The van der Waals surface area contributed by atoms with Crippen LogP contribution in [0.1, 0.15) is 18.4 Å². The third kappa shape index (κ3) is 1.94. The van der Waals surface area contributed by atoms with Crippen molar-refractivity contribution in [3.8, 4) is 11.4 Å². The predicted octanol–water partition coefficient (Wildman–Crippen LogP) is 1.93. The number of halogens is 1. The summed E-state index contributed by atoms with van der Waals surface area (Å²) >= 11 is 0. The first-order valence-corrected chi connectivity index (χ1v) is 4.96. The zero-order valence-electron chi connectivity index (χ0n) is 8.77. The average Bonchev–Trinajstić information content (AvgIpc) is 2.78. The molecule has 0 amide bonds. The van der Waals surface area contributed by atoms with Crippen LogP contribution in [0.25, 0.3) is 11.4 Å². The molecule has 0 fully saturated rings. The second-order valence-electron chi connectivity index (χ2n) is 3.33. The van der Waals surface area contributed by atoms with Crippen molar-refractivity contribution in [1.82, 2.24) is 10.1 Å². The number of hydrogen-bond acceptors (Lipinski definition) is 4. The Morgan fingerprint density at radius 2 is 2.25 bits per heavy atom. The van der Waals surface area contributed by atoms with E-state index in [0.29, 0.717) is 23.4 Å². The van der Waals surface area contributed by atoms with Gasteiger partial charge in [0.2, 0.25) is 5.82 Å². The number of aliphatic hydroxyl groups excluding tert-OH is 1. The fourth-order valence-corrected chi connectivity index (χ4v) is 1.42. The van der Waals surface area contributed by atoms with Crippen LogP contribution in [0.2, 0.25) is 0 Å². The van der Waals surface area contributed by atoms with E-state index in [1.807, 2.05) is 6.92 Å². The van der Waals surface area contributed by atoms with E-state index < -0.39 is 0 Å². The molecule has 1 aromatic heterocycles. The van der Waals surface area contributed by atoms with Crippen molar-refractivity contribution >= 4 is 0 Å². The summed E-state index contributed by atoms with van der Waals surface area (Å²) < 4.78 is 18.0. The Labute approximate surface area is 91.7 Å². The number of nitrogens with zero attached hydrogens (tertiary/aromatic N) is 2. The molecule has 0 bridgehead atoms. The molecule has 0 aliphatic heterocycles. The summed E-state index contributed by atoms with van der Waals surface area (Å²) in [5.41, 5.74) is 1.29. The van der Waals surface area contributed by atoms with Gasteiger partial charge in [-0.2, -0.15) is 4.98 Å². The first-order chi connectivity index (χ1) is 7.74. The van der Waals surface area contributed by atoms with E-state index in [1.54, 1.807) is 12.1 Å². The van der Waals surface area contributed by atoms with E-state index >= 15 is 0 Å². The zero-order chi connectivity index (χ0) is 11.5. The lowest BCUT2D eigenvalue weighted by atomic mass is 10.1. The van der Waals surface area contributed by atoms with Crippen molar-refractivity contribution < 1.29 is 14.0 Å². The molecule has 1 heterocycles. The van der Waals surface area contributed by atoms with Crippen LogP contribution in [0.4, 0.5) is 4.39 Å². The van der Waals surface area contributed by atoms with Crippen LogP contribution in [-0.2, 0) is 13.0 Å². The molecule has 0 saturated heterocycles. The summed E-state index contributed by atoms with van der Waals surface area (Å²) in [6, 6.07) is 4.64. The van der Waals surface area contributed by atoms with Crippen LogP contribution in [-0.4, -0.2) is 15.2 Å². The van der Waals surface area contributed by atoms with Gasteiger partial charge in [0, 0.05) is 5.56 Å². The van der Waals surface area contributed by atoms with Gasteiger partial charge in [0.15, 0.2) is 0 Å². The molecule has 0 aliphatic carbocycles. The molecule has 1 aromatic carbocycles. The van der Waals surface area contributed by atoms with Crippen molar-refractivity contribution in [2.45, 2.75) is 20.0 Å². The SMILES string of the molecule is CCc1cc(-c2noc(CO)n2)ccc1F. The molecular weight excluding hydrogens is 211 g/mol. The molecule has 5 heteroatoms. The van der Waals surface area contributed by atoms with Gasteiger partial charge in [-0.1, -0.05) is 12.1 Å². The van der Waals surface area contributed by atoms with Crippen molar-refractivity contribution in [2.24, 2.45) is 0 Å². The van der Waals surface area contributed by atoms with Crippen LogP contribution in [0.15, 0.2) is 22.7 Å². The lowest BCUT2D eigenvalue weighted by Gasteiger charge is -2.00. The van der Waals surface area contributed by atoms with Crippen LogP contribution in [0, 0.1) is 5.82 Å². The van der Waals surface area contributed by atoms with Gasteiger partial charge in [-0.05, 0) is 30.2 Å². The van der Waals surface area contributed by atoms with Gasteiger partial charge in [-0.3, -0.25) is 0 Å². The standard InChI is InChI=1S/C11H11FN2O2/c1-2-7-5-8(3-4-9(7)12)11-13-10(6-15)16-14-11/h3-5,15H,2,6H2,1H3. The van der Waals surface area contributed by atoms with Crippen molar-refractivity contribution in [3.05, 3.63) is 35.5 Å². The molecule has 4 nitrogen and oxygen atoms in total. The van der Waals surface area contributed by atoms with Crippen molar-refractivity contribution in [3.63, 3.8) is 0 Å². The fourth-order valence-electron chi connectivity index (χ4n) is 1.42. The van der Waals surface area contributed by atoms with Gasteiger partial charge in [0.1, 0.15) is 12.4 Å². The van der Waals surface area contributed by atoms with E-state index in [0.717, 1.165) is 0 Å². The third-order valence-electron chi connectivity index (χ3n) is 2.29. The van der Waals surface area contributed by atoms with Crippen LogP contribution in [0.5, 0.6) is 0 Å². The number of hydrogen-bond donors (Lipinski definition) is 1. The first kappa shape index (κ1) is 10.8. The molecule has 0 spiro atoms. The number of aliphatic hydroxyl groups is 1. The minimum Gasteiger partial charge on any atom is -0.387 e. The fraction of sp³-hybridized carbons (Fsp3) is 0.273. The number of aryl methyl sites for hydroxylation is 1. The molecule has 2 aromatic rings. The van der Waals surface area contributed by atoms with E-state index in [2.05, 4.69) is 10.1 Å². The quantitative estimate of drug-likeness (QED) is 0.862. The Morgan fingerprint density at radius 3 is 2.88 bits per heavy atom. The van der Waals surface area contributed by atoms with E-state index in [-0.39, 0.29) is 18.3 Å². The number of aromatic nitrogens is 2. The summed E-state index contributed by atoms with van der Waals surface area (Å²) in [6.07, 6.45) is 0.602. The van der Waals surface area contributed by atoms with Gasteiger partial charge in [0.25, 0.3) is 5.89 Å². The molecular formula is C11H11FN2O2. The monoisotopic (exact) mass is 222 g/mol. The highest BCUT2D eigenvalue weighted by Crippen LogP contribution is 2.19. The number of benzene rings is 1. The highest BCUT2D eigenvalue weighted by molar-refractivity contribution is 5.55. The summed E-state index contributed by atoms with van der Waals surface area (Å²) in [6.45, 7) is 1.58. The van der Waals surface area contributed by atoms with Crippen LogP contribution < -0.4 is 0 Å². The van der Waals surface area contributed by atoms with Gasteiger partial charge < -0.3 is 9.63 Å². The van der Waals surface area contributed by atoms with Crippen molar-refractivity contribution in [2.75, 3.05) is 0 Å². The molecule has 0 unspecified atom stereocenters. The molecule has 1 N–H and O–H groups in total. The van der Waals surface area contributed by atoms with Crippen LogP contribution >= 0.6 is 0 Å². The highest BCUT2D eigenvalue weighted by atomic mass is 19.1. The minimum atomic E-state index is -0.297. The topological polar surface area (TPSA) is 59.2 Å². The first-order valence-electron chi connectivity index (χ1n) is 4.96. The summed E-state index contributed by atoms with van der Waals surface area (Å²) in [4.78, 5) is 3.95. The maximum absolute atomic E-state index is 13.3. The Kier molecular flexibility index (Phi) is 2.96. The molecule has 0 aliphatic rings. The highest BCUT2D eigenvalue weighted by Gasteiger charge is 2.09. The largest absolute Gasteiger partial charge is 0.387 e. The van der Waals surface area contributed by atoms with Gasteiger partial charge in [0.05, 0.1) is 0 Å². The van der Waals surface area contributed by atoms with Crippen LogP contribution in [0.3, 0.4) is 0 Å². The summed E-state index contributed by atoms with van der Waals surface area (Å²) in [5, 5.41) is 12.5. The molecule has 0 radical (unpaired) electrons. The van der Waals surface area contributed by atoms with Crippen molar-refractivity contribution in [1.29, 1.82) is 0 Å². The Morgan fingerprint density at radius 1 is 1.44 bits per heavy atom. The lowest BCUT2D eigenvalue weighted by molar-refractivity contribution is 0.222. The molecule has 16 heavy (non-hydrogen) atoms. The lowest BCUT2D eigenvalue weighted by Crippen LogP contribution is -1.90. The molecule has 0 atom stereocenters. The van der Waals surface area contributed by atoms with Gasteiger partial charge >= 0.3 is 0 Å². The Bertz CT molecular complexity index is 496. The predicted molar refractivity (Wildman–Crippen MR) is 55.0 cm³/mol.